The summed E-state index contributed by atoms with van der Waals surface area (Å²) in [5.41, 5.74) is 7.88. The third kappa shape index (κ3) is 4.43. The van der Waals surface area contributed by atoms with Gasteiger partial charge in [-0.25, -0.2) is 15.0 Å². The monoisotopic (exact) mass is 706 g/mol. The molecule has 0 saturated carbocycles. The highest BCUT2D eigenvalue weighted by molar-refractivity contribution is 14.1. The molecule has 0 aliphatic carbocycles. The summed E-state index contributed by atoms with van der Waals surface area (Å²) in [6.45, 7) is 0. The number of para-hydroxylation sites is 2. The lowest BCUT2D eigenvalue weighted by Gasteiger charge is -2.10. The molecular formula is C39H23IN4S. The van der Waals surface area contributed by atoms with Crippen LogP contribution in [0.1, 0.15) is 0 Å². The van der Waals surface area contributed by atoms with Gasteiger partial charge in [0.15, 0.2) is 15.5 Å². The topological polar surface area (TPSA) is 43.6 Å². The Hall–Kier alpha value is -4.92. The highest BCUT2D eigenvalue weighted by Crippen LogP contribution is 2.39. The number of aromatic nitrogens is 4. The molecule has 9 aromatic rings. The summed E-state index contributed by atoms with van der Waals surface area (Å²) in [5, 5.41) is 5.04. The van der Waals surface area contributed by atoms with Crippen LogP contribution in [0.25, 0.3) is 81.6 Å². The zero-order valence-electron chi connectivity index (χ0n) is 23.9. The highest BCUT2D eigenvalue weighted by Gasteiger charge is 2.15. The van der Waals surface area contributed by atoms with Crippen LogP contribution in [0, 0.1) is 3.83 Å². The van der Waals surface area contributed by atoms with Crippen LogP contribution < -0.4 is 0 Å². The highest BCUT2D eigenvalue weighted by atomic mass is 127. The molecular weight excluding hydrogens is 683 g/mol. The van der Waals surface area contributed by atoms with Gasteiger partial charge in [-0.05, 0) is 47.5 Å². The summed E-state index contributed by atoms with van der Waals surface area (Å²) in [6.07, 6.45) is 0. The van der Waals surface area contributed by atoms with E-state index in [9.17, 15) is 0 Å². The Balaban J connectivity index is 1.06. The number of nitrogens with zero attached hydrogens (tertiary/aromatic N) is 4. The fraction of sp³-hybridized carbons (Fsp3) is 0. The molecule has 0 spiro atoms. The van der Waals surface area contributed by atoms with Crippen molar-refractivity contribution in [3.05, 3.63) is 143 Å². The van der Waals surface area contributed by atoms with Gasteiger partial charge in [0.1, 0.15) is 0 Å². The van der Waals surface area contributed by atoms with E-state index in [1.165, 1.54) is 42.0 Å². The van der Waals surface area contributed by atoms with Gasteiger partial charge in [0.2, 0.25) is 0 Å². The molecule has 0 atom stereocenters. The third-order valence-electron chi connectivity index (χ3n) is 8.44. The van der Waals surface area contributed by atoms with Crippen LogP contribution in [0.2, 0.25) is 0 Å². The molecule has 0 N–H and O–H groups in total. The van der Waals surface area contributed by atoms with Gasteiger partial charge in [0, 0.05) is 70.3 Å². The van der Waals surface area contributed by atoms with Crippen molar-refractivity contribution < 1.29 is 0 Å². The van der Waals surface area contributed by atoms with E-state index in [2.05, 4.69) is 167 Å². The number of hydrogen-bond acceptors (Lipinski definition) is 4. The lowest BCUT2D eigenvalue weighted by atomic mass is 10.0. The van der Waals surface area contributed by atoms with Gasteiger partial charge in [0.05, 0.1) is 11.0 Å². The molecule has 6 heteroatoms. The lowest BCUT2D eigenvalue weighted by Crippen LogP contribution is -1.99. The first-order chi connectivity index (χ1) is 22.2. The summed E-state index contributed by atoms with van der Waals surface area (Å²) in [5.74, 6) is 1.38. The quantitative estimate of drug-likeness (QED) is 0.171. The molecule has 4 nitrogen and oxygen atoms in total. The molecule has 0 unspecified atom stereocenters. The number of hydrogen-bond donors (Lipinski definition) is 0. The number of halogens is 1. The van der Waals surface area contributed by atoms with Crippen LogP contribution >= 0.6 is 33.9 Å². The minimum atomic E-state index is 0.676. The largest absolute Gasteiger partial charge is 0.309 e. The molecule has 0 bridgehead atoms. The fourth-order valence-corrected chi connectivity index (χ4v) is 8.01. The Morgan fingerprint density at radius 3 is 1.73 bits per heavy atom. The first kappa shape index (κ1) is 26.5. The maximum atomic E-state index is 4.96. The number of benzene rings is 6. The van der Waals surface area contributed by atoms with Crippen molar-refractivity contribution >= 4 is 75.9 Å². The Bertz CT molecular complexity index is 2490. The van der Waals surface area contributed by atoms with Crippen molar-refractivity contribution in [2.45, 2.75) is 0 Å². The average molecular weight is 707 g/mol. The third-order valence-corrected chi connectivity index (χ3v) is 10.1. The Kier molecular flexibility index (Phi) is 6.24. The van der Waals surface area contributed by atoms with Crippen molar-refractivity contribution in [3.8, 4) is 39.6 Å². The summed E-state index contributed by atoms with van der Waals surface area (Å²) in [7, 11) is 0. The molecule has 0 radical (unpaired) electrons. The van der Waals surface area contributed by atoms with Crippen molar-refractivity contribution in [1.82, 2.24) is 19.5 Å². The molecule has 3 heterocycles. The van der Waals surface area contributed by atoms with Gasteiger partial charge in [-0.15, -0.1) is 11.3 Å². The summed E-state index contributed by atoms with van der Waals surface area (Å²) in [4.78, 5) is 14.4. The summed E-state index contributed by atoms with van der Waals surface area (Å²) < 4.78 is 5.49. The van der Waals surface area contributed by atoms with Crippen molar-refractivity contribution in [2.75, 3.05) is 0 Å². The van der Waals surface area contributed by atoms with Gasteiger partial charge in [-0.1, -0.05) is 103 Å². The number of fused-ring (bicyclic) bond motifs is 6. The number of thiophene rings is 1. The van der Waals surface area contributed by atoms with E-state index in [0.29, 0.717) is 15.5 Å². The SMILES string of the molecule is Ic1nc(-c2ccc(-c3ccc(-n4c5ccccc5c5ccccc54)cc3)cc2)nc(-c2cccc3c2sc2ccccc23)n1. The zero-order chi connectivity index (χ0) is 29.9. The van der Waals surface area contributed by atoms with E-state index in [0.717, 1.165) is 27.9 Å². The van der Waals surface area contributed by atoms with E-state index < -0.39 is 0 Å². The van der Waals surface area contributed by atoms with Crippen LogP contribution in [0.3, 0.4) is 0 Å². The molecule has 3 aromatic heterocycles. The van der Waals surface area contributed by atoms with Gasteiger partial charge in [-0.2, -0.15) is 0 Å². The normalized spacial score (nSPS) is 11.7. The Labute approximate surface area is 276 Å². The minimum Gasteiger partial charge on any atom is -0.309 e. The van der Waals surface area contributed by atoms with Gasteiger partial charge < -0.3 is 4.57 Å². The van der Waals surface area contributed by atoms with Crippen molar-refractivity contribution in [2.24, 2.45) is 0 Å². The van der Waals surface area contributed by atoms with E-state index >= 15 is 0 Å². The van der Waals surface area contributed by atoms with Crippen LogP contribution in [-0.4, -0.2) is 19.5 Å². The van der Waals surface area contributed by atoms with Crippen LogP contribution in [-0.2, 0) is 0 Å². The van der Waals surface area contributed by atoms with Crippen LogP contribution in [0.15, 0.2) is 140 Å². The van der Waals surface area contributed by atoms with E-state index in [1.54, 1.807) is 11.3 Å². The molecule has 6 aromatic carbocycles. The van der Waals surface area contributed by atoms with E-state index in [4.69, 9.17) is 15.0 Å². The van der Waals surface area contributed by atoms with Crippen molar-refractivity contribution in [3.63, 3.8) is 0 Å². The summed E-state index contributed by atoms with van der Waals surface area (Å²) in [6, 6.07) is 49.4. The van der Waals surface area contributed by atoms with E-state index in [1.807, 2.05) is 0 Å². The average Bonchev–Trinajstić information content (AvgIpc) is 3.64. The second kappa shape index (κ2) is 10.6. The Morgan fingerprint density at radius 1 is 0.467 bits per heavy atom. The zero-order valence-corrected chi connectivity index (χ0v) is 26.8. The predicted octanol–water partition coefficient (Wildman–Crippen LogP) is 10.9. The molecule has 0 aliphatic heterocycles. The molecule has 9 rings (SSSR count). The van der Waals surface area contributed by atoms with Crippen LogP contribution in [0.5, 0.6) is 0 Å². The Morgan fingerprint density at radius 2 is 1.02 bits per heavy atom. The van der Waals surface area contributed by atoms with Gasteiger partial charge in [-0.3, -0.25) is 0 Å². The molecule has 0 fully saturated rings. The van der Waals surface area contributed by atoms with Gasteiger partial charge >= 0.3 is 0 Å². The maximum absolute atomic E-state index is 4.96. The molecule has 0 aliphatic rings. The number of rotatable bonds is 4. The summed E-state index contributed by atoms with van der Waals surface area (Å²) >= 11 is 3.98. The smallest absolute Gasteiger partial charge is 0.194 e. The van der Waals surface area contributed by atoms with Crippen LogP contribution in [0.4, 0.5) is 0 Å². The molecule has 45 heavy (non-hydrogen) atoms. The van der Waals surface area contributed by atoms with Crippen molar-refractivity contribution in [1.29, 1.82) is 0 Å². The lowest BCUT2D eigenvalue weighted by molar-refractivity contribution is 1.03. The van der Waals surface area contributed by atoms with E-state index in [-0.39, 0.29) is 0 Å². The molecule has 0 saturated heterocycles. The van der Waals surface area contributed by atoms with Gasteiger partial charge in [0.25, 0.3) is 0 Å². The fourth-order valence-electron chi connectivity index (χ4n) is 6.34. The standard InChI is InChI=1S/C39H23IN4S/c40-39-42-37(41-38(43-39)32-12-7-11-31-30-10-3-6-15-35(30)45-36(31)32)26-18-16-24(17-19-26)25-20-22-27(23-21-25)44-33-13-4-1-8-28(33)29-9-2-5-14-34(29)44/h1-23H. The maximum Gasteiger partial charge on any atom is 0.194 e. The second-order valence-corrected chi connectivity index (χ2v) is 13.0. The second-order valence-electron chi connectivity index (χ2n) is 11.0. The minimum absolute atomic E-state index is 0.676. The molecule has 0 amide bonds. The first-order valence-corrected chi connectivity index (χ1v) is 16.6. The molecule has 212 valence electrons. The first-order valence-electron chi connectivity index (χ1n) is 14.7. The predicted molar refractivity (Wildman–Crippen MR) is 196 cm³/mol.